The van der Waals surface area contributed by atoms with Gasteiger partial charge >= 0.3 is 5.97 Å². The van der Waals surface area contributed by atoms with E-state index in [1.807, 2.05) is 25.1 Å². The molecule has 0 spiro atoms. The number of carbonyl (C=O) groups excluding carboxylic acids is 1. The summed E-state index contributed by atoms with van der Waals surface area (Å²) in [7, 11) is -3.77. The van der Waals surface area contributed by atoms with Gasteiger partial charge in [0.15, 0.2) is 5.69 Å². The van der Waals surface area contributed by atoms with E-state index in [1.165, 1.54) is 12.1 Å². The maximum atomic E-state index is 12.2. The fourth-order valence-corrected chi connectivity index (χ4v) is 3.06. The fourth-order valence-electron chi connectivity index (χ4n) is 2.55. The molecule has 25 heavy (non-hydrogen) atoms. The first-order valence-electron chi connectivity index (χ1n) is 7.61. The van der Waals surface area contributed by atoms with Gasteiger partial charge < -0.3 is 4.74 Å². The van der Waals surface area contributed by atoms with Crippen molar-refractivity contribution in [2.75, 3.05) is 6.61 Å². The summed E-state index contributed by atoms with van der Waals surface area (Å²) in [4.78, 5) is 12.2. The topological polar surface area (TPSA) is 104 Å². The number of nitrogens with zero attached hydrogens (tertiary/aromatic N) is 2. The van der Waals surface area contributed by atoms with Crippen molar-refractivity contribution in [3.05, 3.63) is 53.7 Å². The Labute approximate surface area is 145 Å². The van der Waals surface area contributed by atoms with Crippen molar-refractivity contribution in [3.8, 4) is 5.69 Å². The smallest absolute Gasteiger partial charge is 0.359 e. The van der Waals surface area contributed by atoms with Gasteiger partial charge in [-0.05, 0) is 49.7 Å². The molecular weight excluding hydrogens is 342 g/mol. The molecule has 2 aromatic carbocycles. The first kappa shape index (κ1) is 17.1. The third-order valence-electron chi connectivity index (χ3n) is 3.72. The molecule has 1 heterocycles. The first-order valence-corrected chi connectivity index (χ1v) is 9.15. The number of fused-ring (bicyclic) bond motifs is 1. The second kappa shape index (κ2) is 6.30. The number of esters is 1. The number of ether oxygens (including phenoxy) is 1. The minimum Gasteiger partial charge on any atom is -0.461 e. The average molecular weight is 359 g/mol. The van der Waals surface area contributed by atoms with Gasteiger partial charge in [-0.1, -0.05) is 12.1 Å². The van der Waals surface area contributed by atoms with Crippen LogP contribution in [0.25, 0.3) is 16.6 Å². The third-order valence-corrected chi connectivity index (χ3v) is 4.64. The minimum absolute atomic E-state index is 0.00880. The van der Waals surface area contributed by atoms with Gasteiger partial charge in [0.1, 0.15) is 0 Å². The Bertz CT molecular complexity index is 1050. The van der Waals surface area contributed by atoms with Gasteiger partial charge in [0.25, 0.3) is 0 Å². The van der Waals surface area contributed by atoms with E-state index in [1.54, 1.807) is 23.7 Å². The Morgan fingerprint density at radius 2 is 1.88 bits per heavy atom. The summed E-state index contributed by atoms with van der Waals surface area (Å²) in [6.07, 6.45) is 0. The zero-order valence-electron chi connectivity index (χ0n) is 13.8. The highest BCUT2D eigenvalue weighted by atomic mass is 32.2. The summed E-state index contributed by atoms with van der Waals surface area (Å²) >= 11 is 0. The maximum Gasteiger partial charge on any atom is 0.359 e. The van der Waals surface area contributed by atoms with Gasteiger partial charge in [-0.3, -0.25) is 0 Å². The molecule has 0 saturated heterocycles. The zero-order valence-corrected chi connectivity index (χ0v) is 14.6. The molecule has 0 aliphatic heterocycles. The number of nitrogens with two attached hydrogens (primary N) is 1. The van der Waals surface area contributed by atoms with Crippen LogP contribution in [0.5, 0.6) is 0 Å². The third kappa shape index (κ3) is 3.26. The molecule has 3 rings (SSSR count). The Balaban J connectivity index is 2.19. The van der Waals surface area contributed by atoms with Crippen LogP contribution in [0.4, 0.5) is 0 Å². The van der Waals surface area contributed by atoms with E-state index in [-0.39, 0.29) is 17.2 Å². The molecule has 0 amide bonds. The molecule has 8 heteroatoms. The molecule has 2 N–H and O–H groups in total. The molecule has 0 fully saturated rings. The standard InChI is InChI=1S/C17H17N3O4S/c1-3-24-17(21)16-14-9-4-11(2)10-15(14)20(19-16)12-5-7-13(8-6-12)25(18,22)23/h4-10H,3H2,1-2H3,(H2,18,22,23). The van der Waals surface area contributed by atoms with Crippen LogP contribution >= 0.6 is 0 Å². The van der Waals surface area contributed by atoms with Crippen molar-refractivity contribution in [1.29, 1.82) is 0 Å². The fraction of sp³-hybridized carbons (Fsp3) is 0.176. The van der Waals surface area contributed by atoms with Crippen molar-refractivity contribution in [2.45, 2.75) is 18.7 Å². The number of carbonyl (C=O) groups is 1. The average Bonchev–Trinajstić information content (AvgIpc) is 2.93. The number of primary sulfonamides is 1. The van der Waals surface area contributed by atoms with E-state index < -0.39 is 16.0 Å². The number of aryl methyl sites for hydroxylation is 1. The number of rotatable bonds is 4. The lowest BCUT2D eigenvalue weighted by atomic mass is 10.1. The molecule has 1 aromatic heterocycles. The molecule has 0 saturated carbocycles. The predicted octanol–water partition coefficient (Wildman–Crippen LogP) is 2.16. The van der Waals surface area contributed by atoms with Crippen LogP contribution in [0.3, 0.4) is 0 Å². The number of hydrogen-bond donors (Lipinski definition) is 1. The molecule has 130 valence electrons. The number of sulfonamides is 1. The summed E-state index contributed by atoms with van der Waals surface area (Å²) in [5.41, 5.74) is 2.56. The lowest BCUT2D eigenvalue weighted by molar-refractivity contribution is 0.0521. The number of benzene rings is 2. The summed E-state index contributed by atoms with van der Waals surface area (Å²) in [5, 5.41) is 10.2. The lowest BCUT2D eigenvalue weighted by Crippen LogP contribution is -2.12. The molecule has 0 atom stereocenters. The summed E-state index contributed by atoms with van der Waals surface area (Å²) in [6, 6.07) is 11.6. The minimum atomic E-state index is -3.77. The monoisotopic (exact) mass is 359 g/mol. The van der Waals surface area contributed by atoms with Gasteiger partial charge in [-0.2, -0.15) is 5.10 Å². The van der Waals surface area contributed by atoms with E-state index in [4.69, 9.17) is 9.88 Å². The highest BCUT2D eigenvalue weighted by Crippen LogP contribution is 2.24. The van der Waals surface area contributed by atoms with Crippen LogP contribution in [0.2, 0.25) is 0 Å². The summed E-state index contributed by atoms with van der Waals surface area (Å²) in [6.45, 7) is 3.92. The Kier molecular flexibility index (Phi) is 4.32. The van der Waals surface area contributed by atoms with Crippen LogP contribution in [-0.2, 0) is 14.8 Å². The Morgan fingerprint density at radius 1 is 1.20 bits per heavy atom. The normalized spacial score (nSPS) is 11.6. The van der Waals surface area contributed by atoms with Gasteiger partial charge in [-0.15, -0.1) is 0 Å². The van der Waals surface area contributed by atoms with Gasteiger partial charge in [0, 0.05) is 5.39 Å². The van der Waals surface area contributed by atoms with Crippen LogP contribution in [0, 0.1) is 6.92 Å². The quantitative estimate of drug-likeness (QED) is 0.719. The predicted molar refractivity (Wildman–Crippen MR) is 93.1 cm³/mol. The number of hydrogen-bond acceptors (Lipinski definition) is 5. The molecule has 7 nitrogen and oxygen atoms in total. The van der Waals surface area contributed by atoms with E-state index in [0.717, 1.165) is 11.1 Å². The van der Waals surface area contributed by atoms with Crippen molar-refractivity contribution in [2.24, 2.45) is 5.14 Å². The lowest BCUT2D eigenvalue weighted by Gasteiger charge is -2.05. The maximum absolute atomic E-state index is 12.2. The van der Waals surface area contributed by atoms with Crippen molar-refractivity contribution >= 4 is 26.9 Å². The van der Waals surface area contributed by atoms with E-state index >= 15 is 0 Å². The Morgan fingerprint density at radius 3 is 2.48 bits per heavy atom. The van der Waals surface area contributed by atoms with Crippen LogP contribution in [0.15, 0.2) is 47.4 Å². The molecule has 0 aliphatic rings. The van der Waals surface area contributed by atoms with E-state index in [9.17, 15) is 13.2 Å². The van der Waals surface area contributed by atoms with Crippen molar-refractivity contribution in [1.82, 2.24) is 9.78 Å². The molecule has 0 bridgehead atoms. The molecular formula is C17H17N3O4S. The van der Waals surface area contributed by atoms with Gasteiger partial charge in [-0.25, -0.2) is 23.0 Å². The molecule has 0 unspecified atom stereocenters. The molecule has 0 radical (unpaired) electrons. The van der Waals surface area contributed by atoms with Crippen molar-refractivity contribution in [3.63, 3.8) is 0 Å². The second-order valence-corrected chi connectivity index (χ2v) is 7.10. The highest BCUT2D eigenvalue weighted by molar-refractivity contribution is 7.89. The first-order chi connectivity index (χ1) is 11.8. The Hall–Kier alpha value is -2.71. The second-order valence-electron chi connectivity index (χ2n) is 5.54. The van der Waals surface area contributed by atoms with Crippen molar-refractivity contribution < 1.29 is 17.9 Å². The SMILES string of the molecule is CCOC(=O)c1nn(-c2ccc(S(N)(=O)=O)cc2)c2cc(C)ccc12. The summed E-state index contributed by atoms with van der Waals surface area (Å²) < 4.78 is 29.4. The van der Waals surface area contributed by atoms with E-state index in [2.05, 4.69) is 5.10 Å². The summed E-state index contributed by atoms with van der Waals surface area (Å²) in [5.74, 6) is -0.503. The number of aromatic nitrogens is 2. The molecule has 3 aromatic rings. The highest BCUT2D eigenvalue weighted by Gasteiger charge is 2.19. The zero-order chi connectivity index (χ0) is 18.2. The molecule has 0 aliphatic carbocycles. The largest absolute Gasteiger partial charge is 0.461 e. The van der Waals surface area contributed by atoms with E-state index in [0.29, 0.717) is 11.1 Å². The van der Waals surface area contributed by atoms with Crippen LogP contribution in [-0.4, -0.2) is 30.8 Å². The van der Waals surface area contributed by atoms with Crippen LogP contribution in [0.1, 0.15) is 23.0 Å². The van der Waals surface area contributed by atoms with Gasteiger partial charge in [0.05, 0.1) is 22.7 Å². The van der Waals surface area contributed by atoms with Crippen LogP contribution < -0.4 is 5.14 Å². The van der Waals surface area contributed by atoms with Gasteiger partial charge in [0.2, 0.25) is 10.0 Å².